The second-order valence-corrected chi connectivity index (χ2v) is 9.29. The van der Waals surface area contributed by atoms with Crippen LogP contribution >= 0.6 is 12.2 Å². The van der Waals surface area contributed by atoms with Crippen LogP contribution in [0.1, 0.15) is 29.3 Å². The molecule has 3 N–H and O–H groups in total. The molecule has 33 heavy (non-hydrogen) atoms. The third-order valence-electron chi connectivity index (χ3n) is 4.53. The monoisotopic (exact) mass is 483 g/mol. The summed E-state index contributed by atoms with van der Waals surface area (Å²) in [5, 5.41) is 5.58. The molecule has 0 atom stereocenters. The summed E-state index contributed by atoms with van der Waals surface area (Å²) in [7, 11) is -3.66. The average molecular weight is 484 g/mol. The second-order valence-electron chi connectivity index (χ2n) is 7.12. The predicted molar refractivity (Wildman–Crippen MR) is 133 cm³/mol. The van der Waals surface area contributed by atoms with Gasteiger partial charge >= 0.3 is 0 Å². The van der Waals surface area contributed by atoms with Crippen LogP contribution in [0.15, 0.2) is 83.8 Å². The van der Waals surface area contributed by atoms with Crippen LogP contribution in [0.3, 0.4) is 0 Å². The molecule has 172 valence electrons. The maximum atomic E-state index is 12.5. The van der Waals surface area contributed by atoms with Crippen LogP contribution in [0.25, 0.3) is 0 Å². The van der Waals surface area contributed by atoms with Crippen LogP contribution in [-0.2, 0) is 16.6 Å². The van der Waals surface area contributed by atoms with Crippen LogP contribution in [0.4, 0.5) is 5.69 Å². The Bertz CT molecular complexity index is 1200. The molecule has 3 aromatic rings. The Morgan fingerprint density at radius 1 is 0.970 bits per heavy atom. The van der Waals surface area contributed by atoms with Crippen molar-refractivity contribution in [2.24, 2.45) is 0 Å². The largest absolute Gasteiger partial charge is 0.494 e. The summed E-state index contributed by atoms with van der Waals surface area (Å²) in [4.78, 5) is 12.6. The molecular weight excluding hydrogens is 458 g/mol. The van der Waals surface area contributed by atoms with Crippen LogP contribution in [0.5, 0.6) is 5.75 Å². The topological polar surface area (TPSA) is 96.5 Å². The molecule has 7 nitrogen and oxygen atoms in total. The molecule has 0 saturated heterocycles. The fourth-order valence-electron chi connectivity index (χ4n) is 2.86. The molecule has 1 amide bonds. The molecule has 3 aromatic carbocycles. The minimum Gasteiger partial charge on any atom is -0.494 e. The zero-order chi connectivity index (χ0) is 23.7. The van der Waals surface area contributed by atoms with E-state index in [1.54, 1.807) is 36.4 Å². The van der Waals surface area contributed by atoms with E-state index in [0.717, 1.165) is 12.0 Å². The van der Waals surface area contributed by atoms with E-state index in [1.165, 1.54) is 12.1 Å². The highest BCUT2D eigenvalue weighted by molar-refractivity contribution is 7.89. The molecule has 0 bridgehead atoms. The lowest BCUT2D eigenvalue weighted by Gasteiger charge is -2.12. The molecule has 3 rings (SSSR count). The van der Waals surface area contributed by atoms with Gasteiger partial charge in [0, 0.05) is 17.8 Å². The summed E-state index contributed by atoms with van der Waals surface area (Å²) in [5.41, 5.74) is 1.82. The van der Waals surface area contributed by atoms with E-state index in [9.17, 15) is 13.2 Å². The number of carbonyl (C=O) groups excluding carboxylic acids is 1. The van der Waals surface area contributed by atoms with Gasteiger partial charge in [0.05, 0.1) is 11.5 Å². The molecule has 0 aromatic heterocycles. The number of carbonyl (C=O) groups is 1. The highest BCUT2D eigenvalue weighted by Gasteiger charge is 2.14. The van der Waals surface area contributed by atoms with Crippen molar-refractivity contribution < 1.29 is 17.9 Å². The van der Waals surface area contributed by atoms with Gasteiger partial charge in [-0.25, -0.2) is 13.1 Å². The lowest BCUT2D eigenvalue weighted by atomic mass is 10.2. The maximum absolute atomic E-state index is 12.5. The van der Waals surface area contributed by atoms with Crippen molar-refractivity contribution in [3.63, 3.8) is 0 Å². The molecule has 0 radical (unpaired) electrons. The molecule has 0 aliphatic heterocycles. The summed E-state index contributed by atoms with van der Waals surface area (Å²) in [6.07, 6.45) is 0.869. The Labute approximate surface area is 199 Å². The van der Waals surface area contributed by atoms with Crippen molar-refractivity contribution in [1.82, 2.24) is 10.0 Å². The summed E-state index contributed by atoms with van der Waals surface area (Å²) in [5.74, 6) is 0.236. The van der Waals surface area contributed by atoms with Crippen molar-refractivity contribution >= 4 is 38.9 Å². The third-order valence-corrected chi connectivity index (χ3v) is 6.15. The summed E-state index contributed by atoms with van der Waals surface area (Å²) in [6.45, 7) is 2.77. The number of ether oxygens (including phenoxy) is 1. The minimum atomic E-state index is -3.66. The van der Waals surface area contributed by atoms with E-state index in [1.807, 2.05) is 37.3 Å². The van der Waals surface area contributed by atoms with Gasteiger partial charge in [0.2, 0.25) is 10.0 Å². The molecule has 0 aliphatic rings. The lowest BCUT2D eigenvalue weighted by Crippen LogP contribution is -2.34. The van der Waals surface area contributed by atoms with Gasteiger partial charge in [-0.15, -0.1) is 0 Å². The molecule has 0 spiro atoms. The van der Waals surface area contributed by atoms with E-state index in [0.29, 0.717) is 23.6 Å². The first-order valence-corrected chi connectivity index (χ1v) is 12.3. The van der Waals surface area contributed by atoms with Crippen LogP contribution in [-0.4, -0.2) is 26.0 Å². The van der Waals surface area contributed by atoms with Gasteiger partial charge in [0.15, 0.2) is 5.11 Å². The molecule has 0 saturated carbocycles. The molecular formula is C24H25N3O4S2. The highest BCUT2D eigenvalue weighted by Crippen LogP contribution is 2.16. The Morgan fingerprint density at radius 3 is 2.39 bits per heavy atom. The number of anilines is 1. The number of benzene rings is 3. The van der Waals surface area contributed by atoms with Crippen LogP contribution in [0.2, 0.25) is 0 Å². The van der Waals surface area contributed by atoms with Crippen LogP contribution < -0.4 is 20.1 Å². The standard InChI is InChI=1S/C24H25N3O4S2/c1-2-15-31-21-10-6-9-19(16-21)23(28)27-24(32)26-20-11-13-22(14-12-20)33(29,30)25-17-18-7-4-3-5-8-18/h3-14,16,25H,2,15,17H2,1H3,(H2,26,27,28,32). The quantitative estimate of drug-likeness (QED) is 0.397. The Balaban J connectivity index is 1.56. The number of amides is 1. The molecule has 0 unspecified atom stereocenters. The van der Waals surface area contributed by atoms with Crippen molar-refractivity contribution in [3.8, 4) is 5.75 Å². The molecule has 0 heterocycles. The summed E-state index contributed by atoms with van der Waals surface area (Å²) in [6, 6.07) is 22.2. The van der Waals surface area contributed by atoms with Crippen molar-refractivity contribution in [1.29, 1.82) is 0 Å². The Hall–Kier alpha value is -3.27. The van der Waals surface area contributed by atoms with Gasteiger partial charge in [-0.2, -0.15) is 0 Å². The van der Waals surface area contributed by atoms with Gasteiger partial charge in [-0.1, -0.05) is 43.3 Å². The minimum absolute atomic E-state index is 0.0951. The number of hydrogen-bond donors (Lipinski definition) is 3. The predicted octanol–water partition coefficient (Wildman–Crippen LogP) is 4.08. The number of thiocarbonyl (C=S) groups is 1. The molecule has 0 fully saturated rings. The van der Waals surface area contributed by atoms with Gasteiger partial charge in [-0.3, -0.25) is 10.1 Å². The van der Waals surface area contributed by atoms with E-state index in [-0.39, 0.29) is 22.5 Å². The zero-order valence-corrected chi connectivity index (χ0v) is 19.7. The number of hydrogen-bond acceptors (Lipinski definition) is 5. The third kappa shape index (κ3) is 7.38. The normalized spacial score (nSPS) is 10.9. The molecule has 9 heteroatoms. The first-order valence-electron chi connectivity index (χ1n) is 10.4. The lowest BCUT2D eigenvalue weighted by molar-refractivity contribution is 0.0977. The Kier molecular flexibility index (Phi) is 8.53. The smallest absolute Gasteiger partial charge is 0.257 e. The van der Waals surface area contributed by atoms with Crippen LogP contribution in [0, 0.1) is 0 Å². The fraction of sp³-hybridized carbons (Fsp3) is 0.167. The van der Waals surface area contributed by atoms with Gasteiger partial charge in [-0.05, 0) is 66.7 Å². The molecule has 0 aliphatic carbocycles. The SMILES string of the molecule is CCCOc1cccc(C(=O)NC(=S)Nc2ccc(S(=O)(=O)NCc3ccccc3)cc2)c1. The van der Waals surface area contributed by atoms with Crippen molar-refractivity contribution in [3.05, 3.63) is 90.0 Å². The first-order chi connectivity index (χ1) is 15.9. The average Bonchev–Trinajstić information content (AvgIpc) is 2.82. The van der Waals surface area contributed by atoms with E-state index in [2.05, 4.69) is 15.4 Å². The van der Waals surface area contributed by atoms with Gasteiger partial charge < -0.3 is 10.1 Å². The zero-order valence-electron chi connectivity index (χ0n) is 18.1. The van der Waals surface area contributed by atoms with Crippen molar-refractivity contribution in [2.75, 3.05) is 11.9 Å². The second kappa shape index (κ2) is 11.6. The fourth-order valence-corrected chi connectivity index (χ4v) is 4.09. The Morgan fingerprint density at radius 2 is 1.70 bits per heavy atom. The van der Waals surface area contributed by atoms with E-state index < -0.39 is 10.0 Å². The van der Waals surface area contributed by atoms with Crippen molar-refractivity contribution in [2.45, 2.75) is 24.8 Å². The maximum Gasteiger partial charge on any atom is 0.257 e. The number of sulfonamides is 1. The van der Waals surface area contributed by atoms with E-state index >= 15 is 0 Å². The highest BCUT2D eigenvalue weighted by atomic mass is 32.2. The number of rotatable bonds is 9. The first kappa shape index (κ1) is 24.4. The van der Waals surface area contributed by atoms with E-state index in [4.69, 9.17) is 17.0 Å². The summed E-state index contributed by atoms with van der Waals surface area (Å²) < 4.78 is 33.1. The van der Waals surface area contributed by atoms with Gasteiger partial charge in [0.25, 0.3) is 5.91 Å². The van der Waals surface area contributed by atoms with Gasteiger partial charge in [0.1, 0.15) is 5.75 Å². The summed E-state index contributed by atoms with van der Waals surface area (Å²) >= 11 is 5.21. The number of nitrogens with one attached hydrogen (secondary N) is 3.